The standard InChI is InChI=1S/C20H23N7O/c1-12(28)27-10-14-9-26(11-16(14)17(27)13-6-4-3-5-7-13)20-23-18(21)15-8-22-25(2)19(15)24-20/h3-8,14,16-17H,9-11H2,1-2H3,(H2,21,23,24)/t14-,16-,17-/m1/s1. The highest BCUT2D eigenvalue weighted by atomic mass is 16.2. The number of hydrogen-bond donors (Lipinski definition) is 1. The number of fused-ring (bicyclic) bond motifs is 2. The average Bonchev–Trinajstić information content (AvgIpc) is 3.35. The molecule has 2 aliphatic heterocycles. The van der Waals surface area contributed by atoms with E-state index in [9.17, 15) is 4.79 Å². The SMILES string of the molecule is CC(=O)N1C[C@H]2CN(c3nc(N)c4cnn(C)c4n3)C[C@H]2[C@H]1c1ccccc1. The number of likely N-dealkylation sites (tertiary alicyclic amines) is 1. The van der Waals surface area contributed by atoms with Crippen molar-refractivity contribution in [3.05, 3.63) is 42.1 Å². The highest BCUT2D eigenvalue weighted by molar-refractivity contribution is 5.86. The molecular weight excluding hydrogens is 354 g/mol. The van der Waals surface area contributed by atoms with E-state index in [4.69, 9.17) is 10.7 Å². The van der Waals surface area contributed by atoms with Gasteiger partial charge in [0.25, 0.3) is 0 Å². The van der Waals surface area contributed by atoms with E-state index in [2.05, 4.69) is 27.1 Å². The summed E-state index contributed by atoms with van der Waals surface area (Å²) in [6, 6.07) is 10.4. The summed E-state index contributed by atoms with van der Waals surface area (Å²) in [4.78, 5) is 25.7. The number of benzene rings is 1. The molecule has 3 aromatic rings. The second-order valence-corrected chi connectivity index (χ2v) is 7.77. The summed E-state index contributed by atoms with van der Waals surface area (Å²) in [5.41, 5.74) is 8.08. The fourth-order valence-corrected chi connectivity index (χ4v) is 4.78. The summed E-state index contributed by atoms with van der Waals surface area (Å²) in [7, 11) is 1.85. The van der Waals surface area contributed by atoms with Gasteiger partial charge in [0.1, 0.15) is 5.82 Å². The van der Waals surface area contributed by atoms with Gasteiger partial charge in [0.15, 0.2) is 5.65 Å². The van der Waals surface area contributed by atoms with Gasteiger partial charge in [-0.2, -0.15) is 15.1 Å². The van der Waals surface area contributed by atoms with E-state index in [1.807, 2.05) is 30.1 Å². The van der Waals surface area contributed by atoms with Crippen LogP contribution in [0, 0.1) is 11.8 Å². The Kier molecular flexibility index (Phi) is 3.75. The number of anilines is 2. The third kappa shape index (κ3) is 2.51. The minimum absolute atomic E-state index is 0.0893. The summed E-state index contributed by atoms with van der Waals surface area (Å²) in [6.07, 6.45) is 1.70. The Labute approximate surface area is 163 Å². The number of carbonyl (C=O) groups excluding carboxylic acids is 1. The molecule has 144 valence electrons. The average molecular weight is 377 g/mol. The van der Waals surface area contributed by atoms with Crippen molar-refractivity contribution >= 4 is 28.7 Å². The van der Waals surface area contributed by atoms with Gasteiger partial charge in [0.2, 0.25) is 11.9 Å². The van der Waals surface area contributed by atoms with Crippen LogP contribution in [0.5, 0.6) is 0 Å². The van der Waals surface area contributed by atoms with Crippen LogP contribution in [-0.4, -0.2) is 50.2 Å². The number of nitrogens with zero attached hydrogens (tertiary/aromatic N) is 6. The first kappa shape index (κ1) is 17.0. The van der Waals surface area contributed by atoms with Crippen LogP contribution in [-0.2, 0) is 11.8 Å². The van der Waals surface area contributed by atoms with Crippen LogP contribution >= 0.6 is 0 Å². The number of aromatic nitrogens is 4. The number of rotatable bonds is 2. The molecule has 2 saturated heterocycles. The fourth-order valence-electron chi connectivity index (χ4n) is 4.78. The van der Waals surface area contributed by atoms with Crippen molar-refractivity contribution in [2.45, 2.75) is 13.0 Å². The van der Waals surface area contributed by atoms with Crippen molar-refractivity contribution in [3.63, 3.8) is 0 Å². The van der Waals surface area contributed by atoms with Crippen molar-refractivity contribution in [1.82, 2.24) is 24.6 Å². The zero-order valence-electron chi connectivity index (χ0n) is 16.0. The molecule has 3 atom stereocenters. The van der Waals surface area contributed by atoms with Crippen LogP contribution in [0.3, 0.4) is 0 Å². The molecule has 2 fully saturated rings. The number of carbonyl (C=O) groups is 1. The Morgan fingerprint density at radius 3 is 2.68 bits per heavy atom. The third-order valence-electron chi connectivity index (χ3n) is 6.10. The van der Waals surface area contributed by atoms with E-state index < -0.39 is 0 Å². The molecule has 0 bridgehead atoms. The van der Waals surface area contributed by atoms with Crippen molar-refractivity contribution in [2.75, 3.05) is 30.3 Å². The molecule has 0 aliphatic carbocycles. The number of aryl methyl sites for hydroxylation is 1. The molecule has 8 heteroatoms. The zero-order valence-corrected chi connectivity index (χ0v) is 16.0. The van der Waals surface area contributed by atoms with Crippen LogP contribution in [0.1, 0.15) is 18.5 Å². The molecule has 0 unspecified atom stereocenters. The number of nitrogens with two attached hydrogens (primary N) is 1. The van der Waals surface area contributed by atoms with Crippen LogP contribution in [0.2, 0.25) is 0 Å². The van der Waals surface area contributed by atoms with E-state index in [1.54, 1.807) is 17.8 Å². The molecular formula is C20H23N7O. The van der Waals surface area contributed by atoms with Gasteiger partial charge in [-0.1, -0.05) is 30.3 Å². The van der Waals surface area contributed by atoms with Crippen molar-refractivity contribution in [1.29, 1.82) is 0 Å². The normalized spacial score (nSPS) is 24.1. The van der Waals surface area contributed by atoms with Crippen molar-refractivity contribution in [2.24, 2.45) is 18.9 Å². The van der Waals surface area contributed by atoms with E-state index in [-0.39, 0.29) is 11.9 Å². The molecule has 2 aromatic heterocycles. The Balaban J connectivity index is 1.48. The molecule has 1 amide bonds. The highest BCUT2D eigenvalue weighted by Gasteiger charge is 2.49. The topological polar surface area (TPSA) is 93.2 Å². The van der Waals surface area contributed by atoms with Gasteiger partial charge < -0.3 is 15.5 Å². The van der Waals surface area contributed by atoms with Gasteiger partial charge >= 0.3 is 0 Å². The smallest absolute Gasteiger partial charge is 0.229 e. The van der Waals surface area contributed by atoms with Gasteiger partial charge in [0.05, 0.1) is 17.6 Å². The van der Waals surface area contributed by atoms with Gasteiger partial charge in [-0.3, -0.25) is 9.48 Å². The Morgan fingerprint density at radius 2 is 1.93 bits per heavy atom. The molecule has 28 heavy (non-hydrogen) atoms. The van der Waals surface area contributed by atoms with Crippen LogP contribution in [0.25, 0.3) is 11.0 Å². The maximum atomic E-state index is 12.3. The fraction of sp³-hybridized carbons (Fsp3) is 0.400. The van der Waals surface area contributed by atoms with Crippen LogP contribution < -0.4 is 10.6 Å². The summed E-state index contributed by atoms with van der Waals surface area (Å²) in [6.45, 7) is 4.05. The molecule has 1 aromatic carbocycles. The second kappa shape index (κ2) is 6.19. The van der Waals surface area contributed by atoms with Gasteiger partial charge in [-0.15, -0.1) is 0 Å². The third-order valence-corrected chi connectivity index (χ3v) is 6.10. The van der Waals surface area contributed by atoms with Gasteiger partial charge in [-0.25, -0.2) is 0 Å². The summed E-state index contributed by atoms with van der Waals surface area (Å²) >= 11 is 0. The lowest BCUT2D eigenvalue weighted by Crippen LogP contribution is -2.34. The molecule has 0 saturated carbocycles. The summed E-state index contributed by atoms with van der Waals surface area (Å²) in [5.74, 6) is 1.96. The first-order valence-corrected chi connectivity index (χ1v) is 9.55. The Bertz CT molecular complexity index is 1050. The quantitative estimate of drug-likeness (QED) is 0.729. The van der Waals surface area contributed by atoms with E-state index >= 15 is 0 Å². The number of nitrogen functional groups attached to an aromatic ring is 1. The molecule has 5 rings (SSSR count). The molecule has 0 radical (unpaired) electrons. The largest absolute Gasteiger partial charge is 0.383 e. The summed E-state index contributed by atoms with van der Waals surface area (Å²) in [5, 5.41) is 5.01. The van der Waals surface area contributed by atoms with Crippen LogP contribution in [0.15, 0.2) is 36.5 Å². The number of hydrogen-bond acceptors (Lipinski definition) is 6. The van der Waals surface area contributed by atoms with E-state index in [0.717, 1.165) is 30.7 Å². The number of amides is 1. The lowest BCUT2D eigenvalue weighted by molar-refractivity contribution is -0.130. The first-order valence-electron chi connectivity index (χ1n) is 9.55. The van der Waals surface area contributed by atoms with Crippen molar-refractivity contribution < 1.29 is 4.79 Å². The molecule has 2 aliphatic rings. The predicted octanol–water partition coefficient (Wildman–Crippen LogP) is 1.60. The summed E-state index contributed by atoms with van der Waals surface area (Å²) < 4.78 is 1.72. The lowest BCUT2D eigenvalue weighted by atomic mass is 9.89. The monoisotopic (exact) mass is 377 g/mol. The van der Waals surface area contributed by atoms with E-state index in [0.29, 0.717) is 23.6 Å². The second-order valence-electron chi connectivity index (χ2n) is 7.77. The van der Waals surface area contributed by atoms with Crippen molar-refractivity contribution in [3.8, 4) is 0 Å². The maximum Gasteiger partial charge on any atom is 0.229 e. The molecule has 8 nitrogen and oxygen atoms in total. The van der Waals surface area contributed by atoms with E-state index in [1.165, 1.54) is 5.56 Å². The highest BCUT2D eigenvalue weighted by Crippen LogP contribution is 2.45. The maximum absolute atomic E-state index is 12.3. The minimum atomic E-state index is 0.0893. The van der Waals surface area contributed by atoms with Gasteiger partial charge in [-0.05, 0) is 5.56 Å². The molecule has 4 heterocycles. The Morgan fingerprint density at radius 1 is 1.14 bits per heavy atom. The van der Waals surface area contributed by atoms with Gasteiger partial charge in [0, 0.05) is 45.4 Å². The first-order chi connectivity index (χ1) is 13.5. The predicted molar refractivity (Wildman–Crippen MR) is 106 cm³/mol. The Hall–Kier alpha value is -3.16. The molecule has 0 spiro atoms. The minimum Gasteiger partial charge on any atom is -0.383 e. The zero-order chi connectivity index (χ0) is 19.4. The molecule has 2 N–H and O–H groups in total. The van der Waals surface area contributed by atoms with Crippen LogP contribution in [0.4, 0.5) is 11.8 Å². The lowest BCUT2D eigenvalue weighted by Gasteiger charge is -2.29.